The summed E-state index contributed by atoms with van der Waals surface area (Å²) in [4.78, 5) is 11.7. The zero-order valence-electron chi connectivity index (χ0n) is 11.0. The number of allylic oxidation sites excluding steroid dienone is 2. The number of anilines is 1. The van der Waals surface area contributed by atoms with Crippen LogP contribution in [0, 0.1) is 12.3 Å². The van der Waals surface area contributed by atoms with Crippen molar-refractivity contribution in [2.24, 2.45) is 5.41 Å². The molecule has 0 spiro atoms. The van der Waals surface area contributed by atoms with Crippen LogP contribution in [0.1, 0.15) is 32.3 Å². The SMILES string of the molecule is Cc1cc(NC2=CC(=O)CC(C)(C)C2)ccc1Br. The third kappa shape index (κ3) is 3.22. The molecular formula is C15H18BrNO. The van der Waals surface area contributed by atoms with Crippen LogP contribution >= 0.6 is 15.9 Å². The standard InChI is InChI=1S/C15H18BrNO/c1-10-6-11(4-5-14(10)16)17-12-7-13(18)9-15(2,3)8-12/h4-7,17H,8-9H2,1-3H3. The molecular weight excluding hydrogens is 290 g/mol. The van der Waals surface area contributed by atoms with Crippen molar-refractivity contribution in [3.63, 3.8) is 0 Å². The molecule has 0 bridgehead atoms. The highest BCUT2D eigenvalue weighted by molar-refractivity contribution is 9.10. The number of aryl methyl sites for hydroxylation is 1. The van der Waals surface area contributed by atoms with Gasteiger partial charge in [0.1, 0.15) is 0 Å². The summed E-state index contributed by atoms with van der Waals surface area (Å²) in [6.45, 7) is 6.32. The van der Waals surface area contributed by atoms with Crippen molar-refractivity contribution in [2.45, 2.75) is 33.6 Å². The summed E-state index contributed by atoms with van der Waals surface area (Å²) >= 11 is 3.49. The number of hydrogen-bond acceptors (Lipinski definition) is 2. The molecule has 18 heavy (non-hydrogen) atoms. The fraction of sp³-hybridized carbons (Fsp3) is 0.400. The van der Waals surface area contributed by atoms with Gasteiger partial charge < -0.3 is 5.32 Å². The van der Waals surface area contributed by atoms with Gasteiger partial charge in [-0.2, -0.15) is 0 Å². The van der Waals surface area contributed by atoms with E-state index in [4.69, 9.17) is 0 Å². The van der Waals surface area contributed by atoms with Crippen molar-refractivity contribution in [3.05, 3.63) is 40.0 Å². The highest BCUT2D eigenvalue weighted by Gasteiger charge is 2.27. The number of hydrogen-bond donors (Lipinski definition) is 1. The van der Waals surface area contributed by atoms with Crippen LogP contribution in [0.2, 0.25) is 0 Å². The molecule has 0 unspecified atom stereocenters. The fourth-order valence-electron chi connectivity index (χ4n) is 2.33. The molecule has 0 fully saturated rings. The second-order valence-corrected chi connectivity index (χ2v) is 6.60. The largest absolute Gasteiger partial charge is 0.359 e. The third-order valence-electron chi connectivity index (χ3n) is 3.12. The van der Waals surface area contributed by atoms with Gasteiger partial charge in [0.2, 0.25) is 0 Å². The Balaban J connectivity index is 2.18. The summed E-state index contributed by atoms with van der Waals surface area (Å²) in [5, 5.41) is 3.35. The Morgan fingerprint density at radius 3 is 2.61 bits per heavy atom. The van der Waals surface area contributed by atoms with E-state index >= 15 is 0 Å². The van der Waals surface area contributed by atoms with Crippen molar-refractivity contribution in [3.8, 4) is 0 Å². The number of benzene rings is 1. The van der Waals surface area contributed by atoms with Crippen molar-refractivity contribution >= 4 is 27.4 Å². The minimum absolute atomic E-state index is 0.0541. The Labute approximate surface area is 117 Å². The predicted molar refractivity (Wildman–Crippen MR) is 78.6 cm³/mol. The van der Waals surface area contributed by atoms with Crippen LogP contribution in [-0.4, -0.2) is 5.78 Å². The lowest BCUT2D eigenvalue weighted by molar-refractivity contribution is -0.117. The van der Waals surface area contributed by atoms with Crippen LogP contribution < -0.4 is 5.32 Å². The van der Waals surface area contributed by atoms with Crippen molar-refractivity contribution < 1.29 is 4.79 Å². The predicted octanol–water partition coefficient (Wildman–Crippen LogP) is 4.44. The van der Waals surface area contributed by atoms with E-state index in [-0.39, 0.29) is 11.2 Å². The Morgan fingerprint density at radius 1 is 1.28 bits per heavy atom. The summed E-state index contributed by atoms with van der Waals surface area (Å²) in [5.41, 5.74) is 3.28. The van der Waals surface area contributed by atoms with Gasteiger partial charge in [-0.3, -0.25) is 4.79 Å². The molecule has 1 aliphatic rings. The molecule has 1 aromatic carbocycles. The fourth-order valence-corrected chi connectivity index (χ4v) is 2.58. The van der Waals surface area contributed by atoms with Crippen LogP contribution in [0.4, 0.5) is 5.69 Å². The van der Waals surface area contributed by atoms with Crippen LogP contribution in [0.25, 0.3) is 0 Å². The van der Waals surface area contributed by atoms with Crippen LogP contribution in [0.15, 0.2) is 34.4 Å². The van der Waals surface area contributed by atoms with E-state index in [1.165, 1.54) is 5.56 Å². The molecule has 1 N–H and O–H groups in total. The average molecular weight is 308 g/mol. The topological polar surface area (TPSA) is 29.1 Å². The second kappa shape index (κ2) is 4.88. The molecule has 0 radical (unpaired) electrons. The minimum atomic E-state index is 0.0541. The summed E-state index contributed by atoms with van der Waals surface area (Å²) in [7, 11) is 0. The Kier molecular flexibility index (Phi) is 3.62. The van der Waals surface area contributed by atoms with E-state index in [1.54, 1.807) is 6.08 Å². The first kappa shape index (κ1) is 13.3. The number of nitrogens with one attached hydrogen (secondary N) is 1. The quantitative estimate of drug-likeness (QED) is 0.875. The van der Waals surface area contributed by atoms with Crippen LogP contribution in [0.3, 0.4) is 0 Å². The molecule has 1 aromatic rings. The number of halogens is 1. The molecule has 3 heteroatoms. The van der Waals surface area contributed by atoms with E-state index in [9.17, 15) is 4.79 Å². The maximum absolute atomic E-state index is 11.7. The van der Waals surface area contributed by atoms with Gasteiger partial charge >= 0.3 is 0 Å². The summed E-state index contributed by atoms with van der Waals surface area (Å²) in [5.74, 6) is 0.211. The zero-order chi connectivity index (χ0) is 13.3. The molecule has 2 rings (SSSR count). The zero-order valence-corrected chi connectivity index (χ0v) is 12.6. The first-order valence-electron chi connectivity index (χ1n) is 6.12. The molecule has 0 amide bonds. The maximum atomic E-state index is 11.7. The molecule has 0 aliphatic heterocycles. The lowest BCUT2D eigenvalue weighted by Gasteiger charge is -2.29. The van der Waals surface area contributed by atoms with Crippen molar-refractivity contribution in [1.82, 2.24) is 0 Å². The van der Waals surface area contributed by atoms with Gasteiger partial charge in [0.05, 0.1) is 0 Å². The molecule has 0 heterocycles. The van der Waals surface area contributed by atoms with E-state index in [0.717, 1.165) is 22.3 Å². The Bertz CT molecular complexity index is 517. The number of ketones is 1. The summed E-state index contributed by atoms with van der Waals surface area (Å²) in [6, 6.07) is 6.12. The lowest BCUT2D eigenvalue weighted by atomic mass is 9.79. The second-order valence-electron chi connectivity index (χ2n) is 5.74. The van der Waals surface area contributed by atoms with Crippen LogP contribution in [0.5, 0.6) is 0 Å². The molecule has 0 saturated heterocycles. The normalized spacial score (nSPS) is 18.4. The van der Waals surface area contributed by atoms with Crippen molar-refractivity contribution in [1.29, 1.82) is 0 Å². The van der Waals surface area contributed by atoms with E-state index in [2.05, 4.69) is 48.1 Å². The highest BCUT2D eigenvalue weighted by atomic mass is 79.9. The van der Waals surface area contributed by atoms with E-state index < -0.39 is 0 Å². The lowest BCUT2D eigenvalue weighted by Crippen LogP contribution is -2.24. The number of carbonyl (C=O) groups is 1. The number of carbonyl (C=O) groups excluding carboxylic acids is 1. The van der Waals surface area contributed by atoms with Gasteiger partial charge in [0.25, 0.3) is 0 Å². The van der Waals surface area contributed by atoms with Crippen LogP contribution in [-0.2, 0) is 4.79 Å². The van der Waals surface area contributed by atoms with Gasteiger partial charge in [0, 0.05) is 28.4 Å². The molecule has 0 atom stereocenters. The molecule has 1 aliphatic carbocycles. The minimum Gasteiger partial charge on any atom is -0.359 e. The van der Waals surface area contributed by atoms with E-state index in [0.29, 0.717) is 6.42 Å². The number of rotatable bonds is 2. The molecule has 0 aromatic heterocycles. The van der Waals surface area contributed by atoms with Crippen molar-refractivity contribution in [2.75, 3.05) is 5.32 Å². The monoisotopic (exact) mass is 307 g/mol. The maximum Gasteiger partial charge on any atom is 0.157 e. The summed E-state index contributed by atoms with van der Waals surface area (Å²) in [6.07, 6.45) is 3.29. The first-order chi connectivity index (χ1) is 8.35. The molecule has 0 saturated carbocycles. The van der Waals surface area contributed by atoms with Gasteiger partial charge in [-0.15, -0.1) is 0 Å². The average Bonchev–Trinajstić information content (AvgIpc) is 2.20. The smallest absolute Gasteiger partial charge is 0.157 e. The highest BCUT2D eigenvalue weighted by Crippen LogP contribution is 2.34. The Hall–Kier alpha value is -1.09. The first-order valence-corrected chi connectivity index (χ1v) is 6.92. The summed E-state index contributed by atoms with van der Waals surface area (Å²) < 4.78 is 1.10. The Morgan fingerprint density at radius 2 is 2.00 bits per heavy atom. The molecule has 96 valence electrons. The third-order valence-corrected chi connectivity index (χ3v) is 4.01. The van der Waals surface area contributed by atoms with Gasteiger partial charge in [-0.1, -0.05) is 29.8 Å². The van der Waals surface area contributed by atoms with Gasteiger partial charge in [-0.05, 0) is 42.5 Å². The van der Waals surface area contributed by atoms with Gasteiger partial charge in [0.15, 0.2) is 5.78 Å². The van der Waals surface area contributed by atoms with Gasteiger partial charge in [-0.25, -0.2) is 0 Å². The molecule has 2 nitrogen and oxygen atoms in total. The van der Waals surface area contributed by atoms with E-state index in [1.807, 2.05) is 12.1 Å².